The molecule has 0 spiro atoms. The van der Waals surface area contributed by atoms with Gasteiger partial charge in [-0.15, -0.1) is 0 Å². The Morgan fingerprint density at radius 1 is 1.03 bits per heavy atom. The maximum absolute atomic E-state index is 12.7. The number of carbonyl (C=O) groups is 1. The summed E-state index contributed by atoms with van der Waals surface area (Å²) >= 11 is 0. The van der Waals surface area contributed by atoms with Crippen LogP contribution in [0.15, 0.2) is 42.5 Å². The van der Waals surface area contributed by atoms with Gasteiger partial charge in [0.1, 0.15) is 5.69 Å². The zero-order chi connectivity index (χ0) is 21.2. The van der Waals surface area contributed by atoms with Gasteiger partial charge >= 0.3 is 6.18 Å². The van der Waals surface area contributed by atoms with Crippen LogP contribution in [0, 0.1) is 6.92 Å². The van der Waals surface area contributed by atoms with E-state index in [1.54, 1.807) is 30.3 Å². The minimum absolute atomic E-state index is 0.0102. The van der Waals surface area contributed by atoms with Gasteiger partial charge in [0.25, 0.3) is 5.91 Å². The summed E-state index contributed by atoms with van der Waals surface area (Å²) in [6.07, 6.45) is -4.58. The van der Waals surface area contributed by atoms with E-state index in [1.165, 1.54) is 16.1 Å². The van der Waals surface area contributed by atoms with E-state index < -0.39 is 27.8 Å². The van der Waals surface area contributed by atoms with Crippen molar-refractivity contribution in [2.45, 2.75) is 18.9 Å². The molecule has 2 heterocycles. The van der Waals surface area contributed by atoms with Crippen LogP contribution < -0.4 is 0 Å². The molecule has 1 fully saturated rings. The summed E-state index contributed by atoms with van der Waals surface area (Å²) in [4.78, 5) is 17.6. The molecule has 1 saturated heterocycles. The van der Waals surface area contributed by atoms with Crippen molar-refractivity contribution in [1.29, 1.82) is 0 Å². The van der Waals surface area contributed by atoms with E-state index in [4.69, 9.17) is 0 Å². The Labute approximate surface area is 167 Å². The number of pyridine rings is 1. The maximum atomic E-state index is 12.7. The molecule has 2 aromatic rings. The molecule has 3 rings (SSSR count). The van der Waals surface area contributed by atoms with Crippen LogP contribution in [-0.2, 0) is 22.0 Å². The second kappa shape index (κ2) is 8.11. The van der Waals surface area contributed by atoms with Gasteiger partial charge in [-0.1, -0.05) is 30.3 Å². The summed E-state index contributed by atoms with van der Waals surface area (Å²) in [5, 5.41) is 0. The third-order valence-corrected chi connectivity index (χ3v) is 6.57. The molecule has 6 nitrogen and oxygen atoms in total. The van der Waals surface area contributed by atoms with E-state index in [-0.39, 0.29) is 43.2 Å². The molecule has 1 amide bonds. The van der Waals surface area contributed by atoms with Crippen molar-refractivity contribution in [1.82, 2.24) is 14.2 Å². The normalized spacial score (nSPS) is 16.1. The van der Waals surface area contributed by atoms with Gasteiger partial charge in [0.2, 0.25) is 10.0 Å². The molecule has 0 unspecified atom stereocenters. The van der Waals surface area contributed by atoms with Crippen LogP contribution in [0.2, 0.25) is 0 Å². The zero-order valence-electron chi connectivity index (χ0n) is 15.7. The predicted octanol–water partition coefficient (Wildman–Crippen LogP) is 2.70. The van der Waals surface area contributed by atoms with E-state index in [1.807, 2.05) is 0 Å². The van der Waals surface area contributed by atoms with Crippen molar-refractivity contribution in [3.8, 4) is 0 Å². The van der Waals surface area contributed by atoms with E-state index in [2.05, 4.69) is 4.98 Å². The van der Waals surface area contributed by atoms with Gasteiger partial charge in [-0.3, -0.25) is 4.79 Å². The SMILES string of the molecule is Cc1nc(C(F)(F)F)ccc1C(=O)N1CCN(S(=O)(=O)Cc2ccccc2)CC1. The van der Waals surface area contributed by atoms with Crippen molar-refractivity contribution in [3.63, 3.8) is 0 Å². The Balaban J connectivity index is 1.65. The molecule has 0 saturated carbocycles. The summed E-state index contributed by atoms with van der Waals surface area (Å²) in [7, 11) is -3.52. The van der Waals surface area contributed by atoms with Gasteiger partial charge in [-0.2, -0.15) is 17.5 Å². The van der Waals surface area contributed by atoms with Gasteiger partial charge in [0, 0.05) is 26.2 Å². The van der Waals surface area contributed by atoms with Crippen molar-refractivity contribution >= 4 is 15.9 Å². The minimum Gasteiger partial charge on any atom is -0.336 e. The summed E-state index contributed by atoms with van der Waals surface area (Å²) in [6, 6.07) is 10.7. The van der Waals surface area contributed by atoms with Gasteiger partial charge in [0.05, 0.1) is 17.0 Å². The molecule has 1 aromatic carbocycles. The number of piperazine rings is 1. The van der Waals surface area contributed by atoms with Crippen LogP contribution in [0.1, 0.15) is 27.3 Å². The monoisotopic (exact) mass is 427 g/mol. The third-order valence-electron chi connectivity index (χ3n) is 4.72. The van der Waals surface area contributed by atoms with E-state index in [9.17, 15) is 26.4 Å². The van der Waals surface area contributed by atoms with E-state index in [0.29, 0.717) is 5.56 Å². The number of hydrogen-bond donors (Lipinski definition) is 0. The highest BCUT2D eigenvalue weighted by Gasteiger charge is 2.34. The number of amides is 1. The zero-order valence-corrected chi connectivity index (χ0v) is 16.5. The molecule has 1 aliphatic rings. The molecule has 1 aliphatic heterocycles. The first-order valence-electron chi connectivity index (χ1n) is 8.94. The lowest BCUT2D eigenvalue weighted by atomic mass is 10.1. The largest absolute Gasteiger partial charge is 0.433 e. The average Bonchev–Trinajstić information content (AvgIpc) is 2.67. The number of hydrogen-bond acceptors (Lipinski definition) is 4. The average molecular weight is 427 g/mol. The number of aromatic nitrogens is 1. The molecular formula is C19H20F3N3O3S. The first-order valence-corrected chi connectivity index (χ1v) is 10.5. The molecule has 0 atom stereocenters. The van der Waals surface area contributed by atoms with Crippen LogP contribution in [0.5, 0.6) is 0 Å². The quantitative estimate of drug-likeness (QED) is 0.752. The van der Waals surface area contributed by atoms with Gasteiger partial charge < -0.3 is 4.90 Å². The minimum atomic E-state index is -4.58. The van der Waals surface area contributed by atoms with Gasteiger partial charge in [-0.05, 0) is 24.6 Å². The Kier molecular flexibility index (Phi) is 5.95. The lowest BCUT2D eigenvalue weighted by Gasteiger charge is -2.34. The van der Waals surface area contributed by atoms with Crippen molar-refractivity contribution < 1.29 is 26.4 Å². The first-order chi connectivity index (χ1) is 13.6. The second-order valence-electron chi connectivity index (χ2n) is 6.76. The summed E-state index contributed by atoms with van der Waals surface area (Å²) in [5.74, 6) is -0.576. The highest BCUT2D eigenvalue weighted by Crippen LogP contribution is 2.28. The lowest BCUT2D eigenvalue weighted by Crippen LogP contribution is -2.50. The smallest absolute Gasteiger partial charge is 0.336 e. The Hall–Kier alpha value is -2.46. The van der Waals surface area contributed by atoms with Crippen LogP contribution in [0.25, 0.3) is 0 Å². The maximum Gasteiger partial charge on any atom is 0.433 e. The molecular weight excluding hydrogens is 407 g/mol. The van der Waals surface area contributed by atoms with Crippen molar-refractivity contribution in [3.05, 3.63) is 65.0 Å². The lowest BCUT2D eigenvalue weighted by molar-refractivity contribution is -0.141. The van der Waals surface area contributed by atoms with Crippen LogP contribution >= 0.6 is 0 Å². The fraction of sp³-hybridized carbons (Fsp3) is 0.368. The van der Waals surface area contributed by atoms with E-state index in [0.717, 1.165) is 12.1 Å². The molecule has 29 heavy (non-hydrogen) atoms. The summed E-state index contributed by atoms with van der Waals surface area (Å²) in [6.45, 7) is 1.94. The number of aryl methyl sites for hydroxylation is 1. The van der Waals surface area contributed by atoms with Crippen LogP contribution in [0.4, 0.5) is 13.2 Å². The first kappa shape index (κ1) is 21.3. The van der Waals surface area contributed by atoms with Gasteiger partial charge in [0.15, 0.2) is 0 Å². The van der Waals surface area contributed by atoms with Gasteiger partial charge in [-0.25, -0.2) is 13.4 Å². The number of alkyl halides is 3. The fourth-order valence-corrected chi connectivity index (χ4v) is 4.68. The molecule has 10 heteroatoms. The van der Waals surface area contributed by atoms with Crippen molar-refractivity contribution in [2.75, 3.05) is 26.2 Å². The number of sulfonamides is 1. The fourth-order valence-electron chi connectivity index (χ4n) is 3.16. The molecule has 1 aromatic heterocycles. The second-order valence-corrected chi connectivity index (χ2v) is 8.73. The number of halogens is 3. The van der Waals surface area contributed by atoms with Crippen molar-refractivity contribution in [2.24, 2.45) is 0 Å². The predicted molar refractivity (Wildman–Crippen MR) is 101 cm³/mol. The highest BCUT2D eigenvalue weighted by molar-refractivity contribution is 7.88. The molecule has 0 bridgehead atoms. The third kappa shape index (κ3) is 4.94. The topological polar surface area (TPSA) is 70.6 Å². The Morgan fingerprint density at radius 2 is 1.66 bits per heavy atom. The number of carbonyl (C=O) groups excluding carboxylic acids is 1. The Morgan fingerprint density at radius 3 is 2.21 bits per heavy atom. The highest BCUT2D eigenvalue weighted by atomic mass is 32.2. The molecule has 156 valence electrons. The van der Waals surface area contributed by atoms with Crippen LogP contribution in [0.3, 0.4) is 0 Å². The molecule has 0 aliphatic carbocycles. The molecule has 0 radical (unpaired) electrons. The number of nitrogens with zero attached hydrogens (tertiary/aromatic N) is 3. The molecule has 0 N–H and O–H groups in total. The summed E-state index contributed by atoms with van der Waals surface area (Å²) < 4.78 is 64.8. The standard InChI is InChI=1S/C19H20F3N3O3S/c1-14-16(7-8-17(23-14)19(20,21)22)18(26)24-9-11-25(12-10-24)29(27,28)13-15-5-3-2-4-6-15/h2-8H,9-13H2,1H3. The van der Waals surface area contributed by atoms with E-state index >= 15 is 0 Å². The number of benzene rings is 1. The number of rotatable bonds is 4. The Bertz CT molecular complexity index is 987. The van der Waals surface area contributed by atoms with Crippen LogP contribution in [-0.4, -0.2) is 54.7 Å². The summed E-state index contributed by atoms with van der Waals surface area (Å²) in [5.41, 5.74) is -0.302.